The number of fused-ring (bicyclic) bond motifs is 3. The van der Waals surface area contributed by atoms with E-state index >= 15 is 0 Å². The zero-order valence-electron chi connectivity index (χ0n) is 18.7. The number of benzene rings is 2. The molecular weight excluding hydrogens is 440 g/mol. The molecule has 2 amide bonds. The number of ether oxygens (including phenoxy) is 1. The number of nitrogens with zero attached hydrogens (tertiary/aromatic N) is 1. The molecule has 2 aliphatic rings. The average Bonchev–Trinajstić information content (AvgIpc) is 3.37. The summed E-state index contributed by atoms with van der Waals surface area (Å²) in [6.07, 6.45) is 0.106. The minimum atomic E-state index is -0.996. The van der Waals surface area contributed by atoms with Crippen molar-refractivity contribution >= 4 is 29.7 Å². The monoisotopic (exact) mass is 468 g/mol. The molecule has 3 atom stereocenters. The Morgan fingerprint density at radius 3 is 2.30 bits per heavy atom. The summed E-state index contributed by atoms with van der Waals surface area (Å²) in [6, 6.07) is 14.9. The first-order chi connectivity index (χ1) is 15.9. The zero-order chi connectivity index (χ0) is 23.5. The van der Waals surface area contributed by atoms with E-state index in [0.717, 1.165) is 22.3 Å². The van der Waals surface area contributed by atoms with Gasteiger partial charge in [-0.3, -0.25) is 4.79 Å². The van der Waals surface area contributed by atoms with E-state index in [1.165, 1.54) is 16.7 Å². The van der Waals surface area contributed by atoms with E-state index in [2.05, 4.69) is 29.6 Å². The second-order valence-corrected chi connectivity index (χ2v) is 9.64. The molecular formula is C25H28N2O5S. The molecule has 8 heteroatoms. The number of carboxylic acid groups (broad SMARTS) is 1. The molecule has 4 rings (SSSR count). The predicted octanol–water partition coefficient (Wildman–Crippen LogP) is 4.07. The molecule has 1 aliphatic carbocycles. The third kappa shape index (κ3) is 4.71. The maximum Gasteiger partial charge on any atom is 0.407 e. The molecule has 2 N–H and O–H groups in total. The highest BCUT2D eigenvalue weighted by molar-refractivity contribution is 8.00. The van der Waals surface area contributed by atoms with Crippen LogP contribution in [0, 0.1) is 0 Å². The fraction of sp³-hybridized carbons (Fsp3) is 0.400. The maximum atomic E-state index is 12.8. The number of aliphatic carboxylic acids is 1. The van der Waals surface area contributed by atoms with E-state index in [4.69, 9.17) is 4.74 Å². The Morgan fingerprint density at radius 2 is 1.73 bits per heavy atom. The fourth-order valence-corrected chi connectivity index (χ4v) is 6.03. The van der Waals surface area contributed by atoms with Crippen molar-refractivity contribution in [1.82, 2.24) is 10.2 Å². The van der Waals surface area contributed by atoms with E-state index < -0.39 is 24.1 Å². The van der Waals surface area contributed by atoms with Crippen LogP contribution < -0.4 is 5.32 Å². The molecule has 1 heterocycles. The standard InChI is InChI=1S/C25H28N2O5S/c1-3-23-27(21(14-33-23)24(29)30)22(28)12-15(2)26-25(31)32-13-20-18-10-6-4-8-16(18)17-9-5-7-11-19(17)20/h4-11,15,20-21,23H,3,12-14H2,1-2H3,(H,26,31)(H,29,30). The first kappa shape index (κ1) is 23.2. The van der Waals surface area contributed by atoms with Gasteiger partial charge in [0.1, 0.15) is 12.6 Å². The normalized spacial score (nSPS) is 20.1. The molecule has 1 fully saturated rings. The third-order valence-corrected chi connectivity index (χ3v) is 7.66. The second-order valence-electron chi connectivity index (χ2n) is 8.43. The molecule has 0 aromatic heterocycles. The number of amides is 2. The number of carboxylic acids is 1. The minimum Gasteiger partial charge on any atom is -0.480 e. The Bertz CT molecular complexity index is 1010. The summed E-state index contributed by atoms with van der Waals surface area (Å²) in [7, 11) is 0. The molecule has 3 unspecified atom stereocenters. The van der Waals surface area contributed by atoms with Crippen LogP contribution in [-0.2, 0) is 14.3 Å². The molecule has 1 aliphatic heterocycles. The van der Waals surface area contributed by atoms with Gasteiger partial charge in [-0.2, -0.15) is 0 Å². The van der Waals surface area contributed by atoms with Crippen molar-refractivity contribution in [3.05, 3.63) is 59.7 Å². The Morgan fingerprint density at radius 1 is 1.12 bits per heavy atom. The van der Waals surface area contributed by atoms with Gasteiger partial charge in [0.25, 0.3) is 0 Å². The second kappa shape index (κ2) is 9.87. The number of nitrogens with one attached hydrogen (secondary N) is 1. The fourth-order valence-electron chi connectivity index (χ4n) is 4.66. The highest BCUT2D eigenvalue weighted by atomic mass is 32.2. The zero-order valence-corrected chi connectivity index (χ0v) is 19.5. The van der Waals surface area contributed by atoms with Gasteiger partial charge in [-0.1, -0.05) is 55.5 Å². The van der Waals surface area contributed by atoms with Crippen LogP contribution in [0.1, 0.15) is 43.7 Å². The van der Waals surface area contributed by atoms with Gasteiger partial charge in [0, 0.05) is 24.1 Å². The van der Waals surface area contributed by atoms with Crippen LogP contribution in [0.2, 0.25) is 0 Å². The molecule has 0 bridgehead atoms. The van der Waals surface area contributed by atoms with Gasteiger partial charge in [0.15, 0.2) is 0 Å². The van der Waals surface area contributed by atoms with Crippen molar-refractivity contribution in [1.29, 1.82) is 0 Å². The van der Waals surface area contributed by atoms with E-state index in [0.29, 0.717) is 12.2 Å². The predicted molar refractivity (Wildman–Crippen MR) is 127 cm³/mol. The van der Waals surface area contributed by atoms with Crippen LogP contribution in [0.5, 0.6) is 0 Å². The van der Waals surface area contributed by atoms with Crippen molar-refractivity contribution in [2.45, 2.75) is 50.1 Å². The summed E-state index contributed by atoms with van der Waals surface area (Å²) in [6.45, 7) is 3.85. The average molecular weight is 469 g/mol. The Balaban J connectivity index is 1.34. The first-order valence-corrected chi connectivity index (χ1v) is 12.2. The highest BCUT2D eigenvalue weighted by Gasteiger charge is 2.41. The van der Waals surface area contributed by atoms with Crippen LogP contribution in [0.3, 0.4) is 0 Å². The van der Waals surface area contributed by atoms with Gasteiger partial charge >= 0.3 is 12.1 Å². The lowest BCUT2D eigenvalue weighted by Crippen LogP contribution is -2.47. The summed E-state index contributed by atoms with van der Waals surface area (Å²) < 4.78 is 5.55. The molecule has 0 saturated carbocycles. The van der Waals surface area contributed by atoms with Crippen LogP contribution in [0.15, 0.2) is 48.5 Å². The van der Waals surface area contributed by atoms with E-state index in [1.54, 1.807) is 6.92 Å². The molecule has 33 heavy (non-hydrogen) atoms. The van der Waals surface area contributed by atoms with Gasteiger partial charge in [-0.05, 0) is 35.6 Å². The number of thioether (sulfide) groups is 1. The molecule has 7 nitrogen and oxygen atoms in total. The van der Waals surface area contributed by atoms with Gasteiger partial charge in [-0.15, -0.1) is 11.8 Å². The topological polar surface area (TPSA) is 95.9 Å². The van der Waals surface area contributed by atoms with Crippen molar-refractivity contribution in [2.24, 2.45) is 0 Å². The van der Waals surface area contributed by atoms with Crippen molar-refractivity contribution in [3.8, 4) is 11.1 Å². The molecule has 174 valence electrons. The highest BCUT2D eigenvalue weighted by Crippen LogP contribution is 2.44. The van der Waals surface area contributed by atoms with Crippen molar-refractivity contribution < 1.29 is 24.2 Å². The lowest BCUT2D eigenvalue weighted by molar-refractivity contribution is -0.149. The van der Waals surface area contributed by atoms with Crippen molar-refractivity contribution in [3.63, 3.8) is 0 Å². The molecule has 1 saturated heterocycles. The largest absolute Gasteiger partial charge is 0.480 e. The molecule has 0 radical (unpaired) electrons. The van der Waals surface area contributed by atoms with Crippen LogP contribution in [-0.4, -0.2) is 57.8 Å². The minimum absolute atomic E-state index is 0.0189. The number of carbonyl (C=O) groups is 3. The summed E-state index contributed by atoms with van der Waals surface area (Å²) >= 11 is 1.48. The Kier molecular flexibility index (Phi) is 6.93. The van der Waals surface area contributed by atoms with Crippen LogP contribution in [0.4, 0.5) is 4.79 Å². The van der Waals surface area contributed by atoms with Gasteiger partial charge in [-0.25, -0.2) is 9.59 Å². The Labute approximate surface area is 197 Å². The van der Waals surface area contributed by atoms with Gasteiger partial charge < -0.3 is 20.1 Å². The number of alkyl carbamates (subject to hydrolysis) is 1. The number of carbonyl (C=O) groups excluding carboxylic acids is 2. The molecule has 0 spiro atoms. The molecule has 2 aromatic rings. The van der Waals surface area contributed by atoms with E-state index in [-0.39, 0.29) is 30.2 Å². The van der Waals surface area contributed by atoms with Crippen LogP contribution >= 0.6 is 11.8 Å². The van der Waals surface area contributed by atoms with Gasteiger partial charge in [0.2, 0.25) is 5.91 Å². The van der Waals surface area contributed by atoms with Crippen LogP contribution in [0.25, 0.3) is 11.1 Å². The third-order valence-electron chi connectivity index (χ3n) is 6.20. The summed E-state index contributed by atoms with van der Waals surface area (Å²) in [5, 5.41) is 12.0. The maximum absolute atomic E-state index is 12.8. The Hall–Kier alpha value is -3.00. The lowest BCUT2D eigenvalue weighted by atomic mass is 9.98. The summed E-state index contributed by atoms with van der Waals surface area (Å²) in [4.78, 5) is 38.3. The number of rotatable bonds is 7. The van der Waals surface area contributed by atoms with E-state index in [9.17, 15) is 19.5 Å². The summed E-state index contributed by atoms with van der Waals surface area (Å²) in [5.41, 5.74) is 4.57. The van der Waals surface area contributed by atoms with E-state index in [1.807, 2.05) is 31.2 Å². The number of hydrogen-bond acceptors (Lipinski definition) is 5. The smallest absolute Gasteiger partial charge is 0.407 e. The molecule has 2 aromatic carbocycles. The van der Waals surface area contributed by atoms with Gasteiger partial charge in [0.05, 0.1) is 5.37 Å². The number of hydrogen-bond donors (Lipinski definition) is 2. The van der Waals surface area contributed by atoms with Crippen molar-refractivity contribution in [2.75, 3.05) is 12.4 Å². The lowest BCUT2D eigenvalue weighted by Gasteiger charge is -2.28. The SMILES string of the molecule is CCC1SCC(C(=O)O)N1C(=O)CC(C)NC(=O)OCC1c2ccccc2-c2ccccc21. The quantitative estimate of drug-likeness (QED) is 0.636. The first-order valence-electron chi connectivity index (χ1n) is 11.2. The summed E-state index contributed by atoms with van der Waals surface area (Å²) in [5.74, 6) is -0.925.